The van der Waals surface area contributed by atoms with E-state index < -0.39 is 41.2 Å². The Morgan fingerprint density at radius 2 is 1.62 bits per heavy atom. The van der Waals surface area contributed by atoms with E-state index in [1.54, 1.807) is 13.0 Å². The number of carbonyl (C=O) groups is 1. The number of aliphatic imine (C=N–C) groups is 1. The molecule has 0 unspecified atom stereocenters. The Kier molecular flexibility index (Phi) is 12.2. The average Bonchev–Trinajstić information content (AvgIpc) is 3.63. The predicted octanol–water partition coefficient (Wildman–Crippen LogP) is 6.57. The number of aliphatic hydroxyl groups excluding tert-OH is 2. The number of ether oxygens (including phenoxy) is 3. The summed E-state index contributed by atoms with van der Waals surface area (Å²) in [4.78, 5) is 17.1. The number of carbonyl (C=O) groups excluding carboxylic acids is 1. The van der Waals surface area contributed by atoms with Crippen LogP contribution in [0.2, 0.25) is 0 Å². The summed E-state index contributed by atoms with van der Waals surface area (Å²) < 4.78 is 17.7. The zero-order valence-corrected chi connectivity index (χ0v) is 31.2. The number of cyclic esters (lactones) is 1. The Labute approximate surface area is 300 Å². The zero-order chi connectivity index (χ0) is 35.6. The Bertz CT molecular complexity index is 1210. The van der Waals surface area contributed by atoms with Crippen molar-refractivity contribution in [3.05, 3.63) is 11.6 Å². The lowest BCUT2D eigenvalue weighted by Gasteiger charge is -2.66. The number of esters is 1. The molecule has 1 saturated heterocycles. The standard InChI is InChI=1S/C41H67NO8/c1-4-5-6-7-8-9-10-11-12-13-22-42-27-39-19-14-30(50-36-24-34(43)37(45)28(2)49-36)25-40(39,46)20-16-33-32(39)15-18-38(3)31(17-21-41(33,38)47)29-23-35(44)48-26-29/h23,27-28,30-34,36-37,43,45-47H,4-22,24-26H2,1-3H3/t28-,30-,31-,32-,33+,34-,36+,37+,38+,39-,40+,41+/m0/s1. The fourth-order valence-electron chi connectivity index (χ4n) is 11.7. The average molecular weight is 702 g/mol. The number of hydrogen-bond donors (Lipinski definition) is 4. The van der Waals surface area contributed by atoms with Crippen LogP contribution in [0.1, 0.15) is 149 Å². The molecule has 9 nitrogen and oxygen atoms in total. The quantitative estimate of drug-likeness (QED) is 0.0651. The third-order valence-corrected chi connectivity index (χ3v) is 14.6. The largest absolute Gasteiger partial charge is 0.458 e. The van der Waals surface area contributed by atoms with Crippen LogP contribution in [-0.4, -0.2) is 87.7 Å². The summed E-state index contributed by atoms with van der Waals surface area (Å²) in [5.41, 5.74) is -1.80. The van der Waals surface area contributed by atoms with E-state index >= 15 is 0 Å². The van der Waals surface area contributed by atoms with Gasteiger partial charge in [-0.05, 0) is 88.0 Å². The molecule has 4 N–H and O–H groups in total. The smallest absolute Gasteiger partial charge is 0.331 e. The van der Waals surface area contributed by atoms with Crippen molar-refractivity contribution in [2.45, 2.75) is 191 Å². The fraction of sp³-hybridized carbons (Fsp3) is 0.902. The van der Waals surface area contributed by atoms with Crippen LogP contribution in [0.15, 0.2) is 16.6 Å². The lowest BCUT2D eigenvalue weighted by molar-refractivity contribution is -0.282. The Hall–Kier alpha value is -1.36. The molecule has 4 saturated carbocycles. The molecule has 0 amide bonds. The number of rotatable bonds is 15. The van der Waals surface area contributed by atoms with Gasteiger partial charge in [0.25, 0.3) is 0 Å². The fourth-order valence-corrected chi connectivity index (χ4v) is 11.7. The predicted molar refractivity (Wildman–Crippen MR) is 193 cm³/mol. The number of fused-ring (bicyclic) bond motifs is 5. The first kappa shape index (κ1) is 38.4. The van der Waals surface area contributed by atoms with Gasteiger partial charge < -0.3 is 34.6 Å². The van der Waals surface area contributed by atoms with Crippen molar-refractivity contribution in [1.29, 1.82) is 0 Å². The molecule has 2 heterocycles. The van der Waals surface area contributed by atoms with E-state index in [4.69, 9.17) is 19.2 Å². The van der Waals surface area contributed by atoms with E-state index in [-0.39, 0.29) is 41.7 Å². The van der Waals surface area contributed by atoms with Gasteiger partial charge in [0, 0.05) is 42.5 Å². The van der Waals surface area contributed by atoms with Gasteiger partial charge in [-0.15, -0.1) is 0 Å². The van der Waals surface area contributed by atoms with E-state index in [0.717, 1.165) is 50.6 Å². The van der Waals surface area contributed by atoms with Gasteiger partial charge in [-0.2, -0.15) is 0 Å². The second-order valence-electron chi connectivity index (χ2n) is 17.4. The maximum Gasteiger partial charge on any atom is 0.331 e. The van der Waals surface area contributed by atoms with Crippen molar-refractivity contribution in [2.24, 2.45) is 33.6 Å². The van der Waals surface area contributed by atoms with Gasteiger partial charge in [-0.25, -0.2) is 4.79 Å². The molecular formula is C41H67NO8. The molecule has 0 aromatic heterocycles. The van der Waals surface area contributed by atoms with E-state index in [1.165, 1.54) is 57.8 Å². The first-order chi connectivity index (χ1) is 24.0. The van der Waals surface area contributed by atoms with Crippen molar-refractivity contribution in [3.8, 4) is 0 Å². The first-order valence-corrected chi connectivity index (χ1v) is 20.5. The zero-order valence-electron chi connectivity index (χ0n) is 31.2. The third kappa shape index (κ3) is 7.26. The van der Waals surface area contributed by atoms with Crippen LogP contribution in [0.4, 0.5) is 0 Å². The molecule has 6 rings (SSSR count). The molecule has 0 radical (unpaired) electrons. The summed E-state index contributed by atoms with van der Waals surface area (Å²) in [6.45, 7) is 7.33. The van der Waals surface area contributed by atoms with E-state index in [2.05, 4.69) is 20.1 Å². The Morgan fingerprint density at radius 3 is 2.30 bits per heavy atom. The molecule has 284 valence electrons. The molecule has 0 bridgehead atoms. The van der Waals surface area contributed by atoms with E-state index in [0.29, 0.717) is 32.3 Å². The lowest BCUT2D eigenvalue weighted by Crippen LogP contribution is -2.69. The molecule has 9 heteroatoms. The Morgan fingerprint density at radius 1 is 0.920 bits per heavy atom. The summed E-state index contributed by atoms with van der Waals surface area (Å²) in [6.07, 6.45) is 20.0. The highest BCUT2D eigenvalue weighted by Crippen LogP contribution is 2.70. The highest BCUT2D eigenvalue weighted by molar-refractivity contribution is 5.85. The van der Waals surface area contributed by atoms with Gasteiger partial charge >= 0.3 is 5.97 Å². The monoisotopic (exact) mass is 701 g/mol. The number of unbranched alkanes of at least 4 members (excludes halogenated alkanes) is 9. The topological polar surface area (TPSA) is 138 Å². The van der Waals surface area contributed by atoms with Crippen LogP contribution in [-0.2, 0) is 19.0 Å². The minimum atomic E-state index is -1.03. The second kappa shape index (κ2) is 15.9. The summed E-state index contributed by atoms with van der Waals surface area (Å²) in [5, 5.41) is 46.2. The Balaban J connectivity index is 1.15. The lowest BCUT2D eigenvalue weighted by atomic mass is 9.41. The molecule has 2 aliphatic heterocycles. The highest BCUT2D eigenvalue weighted by Gasteiger charge is 2.71. The van der Waals surface area contributed by atoms with Gasteiger partial charge in [0.15, 0.2) is 6.29 Å². The summed E-state index contributed by atoms with van der Waals surface area (Å²) in [7, 11) is 0. The highest BCUT2D eigenvalue weighted by atomic mass is 16.7. The maximum absolute atomic E-state index is 12.8. The van der Waals surface area contributed by atoms with Crippen LogP contribution in [0, 0.1) is 28.6 Å². The van der Waals surface area contributed by atoms with Crippen molar-refractivity contribution in [2.75, 3.05) is 13.2 Å². The second-order valence-corrected chi connectivity index (χ2v) is 17.4. The molecule has 4 aliphatic carbocycles. The third-order valence-electron chi connectivity index (χ3n) is 14.6. The normalized spacial score (nSPS) is 44.5. The summed E-state index contributed by atoms with van der Waals surface area (Å²) in [6, 6.07) is 0. The van der Waals surface area contributed by atoms with E-state index in [9.17, 15) is 25.2 Å². The minimum Gasteiger partial charge on any atom is -0.458 e. The van der Waals surface area contributed by atoms with Crippen LogP contribution in [0.25, 0.3) is 0 Å². The minimum absolute atomic E-state index is 0.0329. The van der Waals surface area contributed by atoms with Crippen LogP contribution in [0.5, 0.6) is 0 Å². The summed E-state index contributed by atoms with van der Waals surface area (Å²) >= 11 is 0. The van der Waals surface area contributed by atoms with Crippen molar-refractivity contribution >= 4 is 12.2 Å². The number of aliphatic hydroxyl groups is 4. The molecule has 0 aromatic rings. The SMILES string of the molecule is CCCCCCCCCCCCN=C[C@]12CC[C@H](O[C@@H]3C[C@H](O)[C@H](O)[C@H](C)O3)C[C@]1(O)CC[C@@H]1[C@@H]2CC[C@]2(C)[C@H](C3=CC(=O)OC3)CC[C@@]12O. The summed E-state index contributed by atoms with van der Waals surface area (Å²) in [5.74, 6) is -0.0252. The van der Waals surface area contributed by atoms with Gasteiger partial charge in [0.2, 0.25) is 0 Å². The van der Waals surface area contributed by atoms with E-state index in [1.807, 2.05) is 0 Å². The molecule has 12 atom stereocenters. The van der Waals surface area contributed by atoms with Gasteiger partial charge in [-0.3, -0.25) is 4.99 Å². The molecule has 50 heavy (non-hydrogen) atoms. The van der Waals surface area contributed by atoms with Gasteiger partial charge in [0.1, 0.15) is 12.7 Å². The van der Waals surface area contributed by atoms with Gasteiger partial charge in [0.05, 0.1) is 29.5 Å². The van der Waals surface area contributed by atoms with Crippen LogP contribution < -0.4 is 0 Å². The molecule has 0 spiro atoms. The van der Waals surface area contributed by atoms with Gasteiger partial charge in [-0.1, -0.05) is 71.6 Å². The van der Waals surface area contributed by atoms with Crippen molar-refractivity contribution in [1.82, 2.24) is 0 Å². The molecule has 6 aliphatic rings. The first-order valence-electron chi connectivity index (χ1n) is 20.5. The van der Waals surface area contributed by atoms with Crippen molar-refractivity contribution < 1.29 is 39.4 Å². The van der Waals surface area contributed by atoms with Crippen LogP contribution >= 0.6 is 0 Å². The molecule has 5 fully saturated rings. The molecular weight excluding hydrogens is 634 g/mol. The maximum atomic E-state index is 12.8. The van der Waals surface area contributed by atoms with Crippen LogP contribution in [0.3, 0.4) is 0 Å². The molecule has 0 aromatic carbocycles. The number of hydrogen-bond acceptors (Lipinski definition) is 9. The van der Waals surface area contributed by atoms with Crippen molar-refractivity contribution in [3.63, 3.8) is 0 Å². The number of nitrogens with zero attached hydrogens (tertiary/aromatic N) is 1.